The van der Waals surface area contributed by atoms with Gasteiger partial charge in [0.1, 0.15) is 5.75 Å². The van der Waals surface area contributed by atoms with Gasteiger partial charge in [-0.15, -0.1) is 0 Å². The maximum Gasteiger partial charge on any atom is 0.220 e. The van der Waals surface area contributed by atoms with Crippen LogP contribution < -0.4 is 10.5 Å². The summed E-state index contributed by atoms with van der Waals surface area (Å²) in [6.45, 7) is 0. The molecule has 0 aromatic carbocycles. The lowest BCUT2D eigenvalue weighted by atomic mass is 10.2. The average molecular weight is 202 g/mol. The normalized spacial score (nSPS) is 9.93. The molecule has 5 heteroatoms. The third-order valence-electron chi connectivity index (χ3n) is 1.91. The number of pyridine rings is 1. The van der Waals surface area contributed by atoms with Crippen LogP contribution in [-0.4, -0.2) is 22.1 Å². The van der Waals surface area contributed by atoms with Gasteiger partial charge < -0.3 is 10.5 Å². The number of ether oxygens (including phenoxy) is 1. The first-order valence-electron chi connectivity index (χ1n) is 4.38. The fourth-order valence-corrected chi connectivity index (χ4v) is 1.17. The molecule has 2 aromatic heterocycles. The predicted molar refractivity (Wildman–Crippen MR) is 56.2 cm³/mol. The molecule has 0 aliphatic heterocycles. The van der Waals surface area contributed by atoms with Crippen LogP contribution in [0.3, 0.4) is 0 Å². The van der Waals surface area contributed by atoms with Crippen LogP contribution in [0.25, 0.3) is 11.4 Å². The number of hydrogen-bond donors (Lipinski definition) is 1. The zero-order valence-corrected chi connectivity index (χ0v) is 8.21. The van der Waals surface area contributed by atoms with Crippen LogP contribution in [0.2, 0.25) is 0 Å². The van der Waals surface area contributed by atoms with Gasteiger partial charge in [-0.3, -0.25) is 4.98 Å². The van der Waals surface area contributed by atoms with Gasteiger partial charge in [0.25, 0.3) is 0 Å². The summed E-state index contributed by atoms with van der Waals surface area (Å²) in [5.74, 6) is 0.950. The third kappa shape index (κ3) is 2.01. The highest BCUT2D eigenvalue weighted by Crippen LogP contribution is 2.17. The number of methoxy groups -OCH3 is 1. The predicted octanol–water partition coefficient (Wildman–Crippen LogP) is 1.13. The van der Waals surface area contributed by atoms with Crippen LogP contribution in [0.5, 0.6) is 5.75 Å². The number of nitrogen functional groups attached to an aromatic ring is 1. The van der Waals surface area contributed by atoms with Gasteiger partial charge in [0.2, 0.25) is 5.95 Å². The Morgan fingerprint density at radius 1 is 1.13 bits per heavy atom. The Labute approximate surface area is 87.0 Å². The monoisotopic (exact) mass is 202 g/mol. The second-order valence-electron chi connectivity index (χ2n) is 2.88. The van der Waals surface area contributed by atoms with E-state index in [-0.39, 0.29) is 5.95 Å². The summed E-state index contributed by atoms with van der Waals surface area (Å²) in [6, 6.07) is 5.40. The van der Waals surface area contributed by atoms with E-state index in [2.05, 4.69) is 15.0 Å². The lowest BCUT2D eigenvalue weighted by molar-refractivity contribution is 0.413. The van der Waals surface area contributed by atoms with Gasteiger partial charge in [-0.05, 0) is 18.2 Å². The van der Waals surface area contributed by atoms with Gasteiger partial charge in [-0.25, -0.2) is 9.97 Å². The summed E-state index contributed by atoms with van der Waals surface area (Å²) in [6.07, 6.45) is 3.23. The molecule has 0 aliphatic rings. The average Bonchev–Trinajstić information content (AvgIpc) is 2.29. The lowest BCUT2D eigenvalue weighted by Gasteiger charge is -2.02. The standard InChI is InChI=1S/C10H10N4O/c1-15-7-2-3-8(13-6-7)9-4-5-12-10(11)14-9/h2-6H,1H3,(H2,11,12,14). The van der Waals surface area contributed by atoms with Crippen LogP contribution in [-0.2, 0) is 0 Å². The zero-order valence-electron chi connectivity index (χ0n) is 8.21. The summed E-state index contributed by atoms with van der Waals surface area (Å²) in [5, 5.41) is 0. The maximum atomic E-state index is 5.48. The lowest BCUT2D eigenvalue weighted by Crippen LogP contribution is -1.96. The Morgan fingerprint density at radius 3 is 2.60 bits per heavy atom. The van der Waals surface area contributed by atoms with Crippen LogP contribution in [0.1, 0.15) is 0 Å². The van der Waals surface area contributed by atoms with Crippen molar-refractivity contribution in [2.24, 2.45) is 0 Å². The van der Waals surface area contributed by atoms with Crippen molar-refractivity contribution in [3.05, 3.63) is 30.6 Å². The van der Waals surface area contributed by atoms with Crippen molar-refractivity contribution in [2.45, 2.75) is 0 Å². The molecule has 0 atom stereocenters. The highest BCUT2D eigenvalue weighted by molar-refractivity contribution is 5.55. The largest absolute Gasteiger partial charge is 0.495 e. The molecule has 2 aromatic rings. The number of rotatable bonds is 2. The van der Waals surface area contributed by atoms with E-state index in [1.807, 2.05) is 12.1 Å². The minimum absolute atomic E-state index is 0.241. The maximum absolute atomic E-state index is 5.48. The molecular weight excluding hydrogens is 192 g/mol. The quantitative estimate of drug-likeness (QED) is 0.790. The molecule has 2 rings (SSSR count). The van der Waals surface area contributed by atoms with Crippen LogP contribution in [0.15, 0.2) is 30.6 Å². The number of nitrogens with zero attached hydrogens (tertiary/aromatic N) is 3. The Morgan fingerprint density at radius 2 is 2.00 bits per heavy atom. The van der Waals surface area contributed by atoms with Gasteiger partial charge in [-0.1, -0.05) is 0 Å². The minimum Gasteiger partial charge on any atom is -0.495 e. The molecule has 0 spiro atoms. The highest BCUT2D eigenvalue weighted by Gasteiger charge is 2.01. The van der Waals surface area contributed by atoms with Crippen molar-refractivity contribution < 1.29 is 4.74 Å². The summed E-state index contributed by atoms with van der Waals surface area (Å²) in [7, 11) is 1.60. The Balaban J connectivity index is 2.37. The summed E-state index contributed by atoms with van der Waals surface area (Å²) >= 11 is 0. The van der Waals surface area contributed by atoms with Crippen LogP contribution in [0, 0.1) is 0 Å². The van der Waals surface area contributed by atoms with E-state index >= 15 is 0 Å². The molecule has 76 valence electrons. The van der Waals surface area contributed by atoms with E-state index < -0.39 is 0 Å². The number of anilines is 1. The van der Waals surface area contributed by atoms with E-state index in [0.717, 1.165) is 5.69 Å². The molecule has 0 radical (unpaired) electrons. The zero-order chi connectivity index (χ0) is 10.7. The van der Waals surface area contributed by atoms with E-state index in [0.29, 0.717) is 11.4 Å². The summed E-state index contributed by atoms with van der Waals surface area (Å²) in [5.41, 5.74) is 6.92. The molecule has 0 unspecified atom stereocenters. The molecule has 0 saturated carbocycles. The van der Waals surface area contributed by atoms with Gasteiger partial charge in [0.15, 0.2) is 0 Å². The van der Waals surface area contributed by atoms with E-state index in [1.165, 1.54) is 0 Å². The van der Waals surface area contributed by atoms with Crippen molar-refractivity contribution in [3.8, 4) is 17.1 Å². The first-order valence-corrected chi connectivity index (χ1v) is 4.38. The van der Waals surface area contributed by atoms with Crippen molar-refractivity contribution in [3.63, 3.8) is 0 Å². The van der Waals surface area contributed by atoms with Crippen molar-refractivity contribution in [2.75, 3.05) is 12.8 Å². The molecule has 2 heterocycles. The summed E-state index contributed by atoms with van der Waals surface area (Å²) in [4.78, 5) is 12.1. The Kier molecular flexibility index (Phi) is 2.45. The van der Waals surface area contributed by atoms with E-state index in [4.69, 9.17) is 10.5 Å². The van der Waals surface area contributed by atoms with Crippen molar-refractivity contribution in [1.82, 2.24) is 15.0 Å². The number of hydrogen-bond acceptors (Lipinski definition) is 5. The molecule has 0 fully saturated rings. The van der Waals surface area contributed by atoms with Gasteiger partial charge in [-0.2, -0.15) is 0 Å². The van der Waals surface area contributed by atoms with Gasteiger partial charge >= 0.3 is 0 Å². The molecule has 2 N–H and O–H groups in total. The van der Waals surface area contributed by atoms with Crippen LogP contribution >= 0.6 is 0 Å². The van der Waals surface area contributed by atoms with Gasteiger partial charge in [0.05, 0.1) is 24.7 Å². The molecule has 5 nitrogen and oxygen atoms in total. The molecule has 0 aliphatic carbocycles. The first-order chi connectivity index (χ1) is 7.29. The van der Waals surface area contributed by atoms with Crippen molar-refractivity contribution >= 4 is 5.95 Å². The third-order valence-corrected chi connectivity index (χ3v) is 1.91. The second-order valence-corrected chi connectivity index (χ2v) is 2.88. The van der Waals surface area contributed by atoms with E-state index in [9.17, 15) is 0 Å². The molecule has 0 amide bonds. The Hall–Kier alpha value is -2.17. The molecule has 15 heavy (non-hydrogen) atoms. The number of aromatic nitrogens is 3. The smallest absolute Gasteiger partial charge is 0.220 e. The molecule has 0 saturated heterocycles. The second kappa shape index (κ2) is 3.91. The number of nitrogens with two attached hydrogens (primary N) is 1. The summed E-state index contributed by atoms with van der Waals surface area (Å²) < 4.78 is 5.01. The fourth-order valence-electron chi connectivity index (χ4n) is 1.17. The van der Waals surface area contributed by atoms with Gasteiger partial charge in [0, 0.05) is 6.20 Å². The minimum atomic E-state index is 0.241. The SMILES string of the molecule is COc1ccc(-c2ccnc(N)n2)nc1. The van der Waals surface area contributed by atoms with Crippen molar-refractivity contribution in [1.29, 1.82) is 0 Å². The Bertz CT molecular complexity index is 455. The van der Waals surface area contributed by atoms with Crippen LogP contribution in [0.4, 0.5) is 5.95 Å². The van der Waals surface area contributed by atoms with E-state index in [1.54, 1.807) is 25.6 Å². The first kappa shape index (κ1) is 9.39. The highest BCUT2D eigenvalue weighted by atomic mass is 16.5. The molecular formula is C10H10N4O. The fraction of sp³-hybridized carbons (Fsp3) is 0.100. The topological polar surface area (TPSA) is 73.9 Å². The molecule has 0 bridgehead atoms.